The van der Waals surface area contributed by atoms with Gasteiger partial charge in [-0.05, 0) is 29.3 Å². The van der Waals surface area contributed by atoms with Crippen molar-refractivity contribution in [2.24, 2.45) is 0 Å². The van der Waals surface area contributed by atoms with Gasteiger partial charge in [0, 0.05) is 0 Å². The zero-order chi connectivity index (χ0) is 14.6. The van der Waals surface area contributed by atoms with Crippen LogP contribution in [0.4, 0.5) is 13.2 Å². The van der Waals surface area contributed by atoms with Crippen LogP contribution in [-0.2, 0) is 6.18 Å². The molecule has 0 bridgehead atoms. The first-order valence-corrected chi connectivity index (χ1v) is 5.85. The molecule has 0 amide bonds. The van der Waals surface area contributed by atoms with E-state index in [0.29, 0.717) is 11.1 Å². The van der Waals surface area contributed by atoms with Gasteiger partial charge in [0.1, 0.15) is 0 Å². The maximum Gasteiger partial charge on any atom is 0.416 e. The molecule has 20 heavy (non-hydrogen) atoms. The summed E-state index contributed by atoms with van der Waals surface area (Å²) in [4.78, 5) is 0. The molecule has 0 fully saturated rings. The fourth-order valence-corrected chi connectivity index (χ4v) is 1.73. The predicted molar refractivity (Wildman–Crippen MR) is 71.4 cm³/mol. The molecule has 0 saturated heterocycles. The smallest absolute Gasteiger partial charge is 0.192 e. The van der Waals surface area contributed by atoms with Crippen molar-refractivity contribution in [2.45, 2.75) is 6.18 Å². The molecular formula is C16H10F3N. The normalized spacial score (nSPS) is 12.0. The van der Waals surface area contributed by atoms with Crippen molar-refractivity contribution in [1.29, 1.82) is 5.26 Å². The summed E-state index contributed by atoms with van der Waals surface area (Å²) in [6.07, 6.45) is -2.78. The number of rotatable bonds is 2. The lowest BCUT2D eigenvalue weighted by Crippen LogP contribution is -2.03. The van der Waals surface area contributed by atoms with Gasteiger partial charge in [-0.1, -0.05) is 42.5 Å². The van der Waals surface area contributed by atoms with Crippen LogP contribution < -0.4 is 0 Å². The van der Waals surface area contributed by atoms with Crippen molar-refractivity contribution in [2.75, 3.05) is 0 Å². The average Bonchev–Trinajstić information content (AvgIpc) is 2.45. The molecule has 0 saturated carbocycles. The fraction of sp³-hybridized carbons (Fsp3) is 0.0625. The number of hydrogen-bond acceptors (Lipinski definition) is 1. The average molecular weight is 273 g/mol. The van der Waals surface area contributed by atoms with Crippen molar-refractivity contribution in [3.05, 3.63) is 71.3 Å². The van der Waals surface area contributed by atoms with Gasteiger partial charge >= 0.3 is 6.18 Å². The number of halogens is 3. The van der Waals surface area contributed by atoms with E-state index < -0.39 is 11.7 Å². The maximum absolute atomic E-state index is 12.4. The summed E-state index contributed by atoms with van der Waals surface area (Å²) in [5.74, 6) is 0. The van der Waals surface area contributed by atoms with Gasteiger partial charge in [0.15, 0.2) is 0 Å². The van der Waals surface area contributed by atoms with Crippen LogP contribution in [0.3, 0.4) is 0 Å². The molecule has 0 aliphatic rings. The molecule has 0 aromatic heterocycles. The molecule has 2 aromatic rings. The SMILES string of the molecule is N#C/C(=C\c1ccc(C(F)(F)F)cc1)c1ccccc1. The molecule has 100 valence electrons. The van der Waals surface area contributed by atoms with Gasteiger partial charge in [-0.2, -0.15) is 18.4 Å². The first-order chi connectivity index (χ1) is 9.50. The first kappa shape index (κ1) is 13.9. The van der Waals surface area contributed by atoms with Crippen molar-refractivity contribution in [3.8, 4) is 6.07 Å². The van der Waals surface area contributed by atoms with E-state index in [1.165, 1.54) is 12.1 Å². The van der Waals surface area contributed by atoms with Gasteiger partial charge < -0.3 is 0 Å². The lowest BCUT2D eigenvalue weighted by atomic mass is 10.0. The van der Waals surface area contributed by atoms with Crippen LogP contribution in [0.5, 0.6) is 0 Å². The van der Waals surface area contributed by atoms with Crippen LogP contribution in [0, 0.1) is 11.3 Å². The third kappa shape index (κ3) is 3.27. The number of nitrogens with zero attached hydrogens (tertiary/aromatic N) is 1. The predicted octanol–water partition coefficient (Wildman–Crippen LogP) is 4.77. The van der Waals surface area contributed by atoms with Crippen LogP contribution >= 0.6 is 0 Å². The number of benzene rings is 2. The molecule has 0 aliphatic heterocycles. The monoisotopic (exact) mass is 273 g/mol. The van der Waals surface area contributed by atoms with Gasteiger partial charge in [-0.15, -0.1) is 0 Å². The van der Waals surface area contributed by atoms with Gasteiger partial charge in [0.05, 0.1) is 17.2 Å². The van der Waals surface area contributed by atoms with Crippen LogP contribution in [0.2, 0.25) is 0 Å². The molecule has 0 unspecified atom stereocenters. The number of hydrogen-bond donors (Lipinski definition) is 0. The summed E-state index contributed by atoms with van der Waals surface area (Å²) in [7, 11) is 0. The third-order valence-corrected chi connectivity index (χ3v) is 2.75. The van der Waals surface area contributed by atoms with E-state index >= 15 is 0 Å². The molecular weight excluding hydrogens is 263 g/mol. The zero-order valence-electron chi connectivity index (χ0n) is 10.4. The standard InChI is InChI=1S/C16H10F3N/c17-16(18,19)15-8-6-12(7-9-15)10-14(11-20)13-4-2-1-3-5-13/h1-10H/b14-10+. The molecule has 0 spiro atoms. The van der Waals surface area contributed by atoms with Crippen molar-refractivity contribution >= 4 is 11.6 Å². The third-order valence-electron chi connectivity index (χ3n) is 2.75. The summed E-state index contributed by atoms with van der Waals surface area (Å²) < 4.78 is 37.3. The molecule has 2 rings (SSSR count). The highest BCUT2D eigenvalue weighted by atomic mass is 19.4. The summed E-state index contributed by atoms with van der Waals surface area (Å²) in [5.41, 5.74) is 0.992. The second-order valence-electron chi connectivity index (χ2n) is 4.16. The topological polar surface area (TPSA) is 23.8 Å². The van der Waals surface area contributed by atoms with E-state index in [2.05, 4.69) is 6.07 Å². The Balaban J connectivity index is 2.33. The second-order valence-corrected chi connectivity index (χ2v) is 4.16. The van der Waals surface area contributed by atoms with Crippen LogP contribution in [0.25, 0.3) is 11.6 Å². The Labute approximate surface area is 114 Å². The molecule has 0 heterocycles. The van der Waals surface area contributed by atoms with Crippen LogP contribution in [0.15, 0.2) is 54.6 Å². The maximum atomic E-state index is 12.4. The Hall–Kier alpha value is -2.54. The van der Waals surface area contributed by atoms with Crippen molar-refractivity contribution in [1.82, 2.24) is 0 Å². The van der Waals surface area contributed by atoms with Crippen molar-refractivity contribution < 1.29 is 13.2 Å². The minimum absolute atomic E-state index is 0.408. The molecule has 0 radical (unpaired) electrons. The van der Waals surface area contributed by atoms with E-state index in [1.807, 2.05) is 6.07 Å². The number of allylic oxidation sites excluding steroid dienone is 1. The van der Waals surface area contributed by atoms with Crippen LogP contribution in [0.1, 0.15) is 16.7 Å². The van der Waals surface area contributed by atoms with Gasteiger partial charge in [0.2, 0.25) is 0 Å². The van der Waals surface area contributed by atoms with Crippen LogP contribution in [-0.4, -0.2) is 0 Å². The highest BCUT2D eigenvalue weighted by Gasteiger charge is 2.29. The Kier molecular flexibility index (Phi) is 3.90. The minimum Gasteiger partial charge on any atom is -0.192 e. The highest BCUT2D eigenvalue weighted by molar-refractivity contribution is 5.89. The lowest BCUT2D eigenvalue weighted by Gasteiger charge is -2.06. The highest BCUT2D eigenvalue weighted by Crippen LogP contribution is 2.29. The first-order valence-electron chi connectivity index (χ1n) is 5.85. The second kappa shape index (κ2) is 5.62. The van der Waals surface area contributed by atoms with E-state index in [-0.39, 0.29) is 0 Å². The zero-order valence-corrected chi connectivity index (χ0v) is 10.4. The Morgan fingerprint density at radius 3 is 2.05 bits per heavy atom. The Bertz CT molecular complexity index is 647. The largest absolute Gasteiger partial charge is 0.416 e. The minimum atomic E-state index is -4.35. The summed E-state index contributed by atoms with van der Waals surface area (Å²) in [6, 6.07) is 15.7. The molecule has 1 nitrogen and oxygen atoms in total. The van der Waals surface area contributed by atoms with E-state index in [0.717, 1.165) is 17.7 Å². The fourth-order valence-electron chi connectivity index (χ4n) is 1.73. The van der Waals surface area contributed by atoms with Crippen molar-refractivity contribution in [3.63, 3.8) is 0 Å². The van der Waals surface area contributed by atoms with E-state index in [1.54, 1.807) is 30.3 Å². The van der Waals surface area contributed by atoms with Gasteiger partial charge in [-0.3, -0.25) is 0 Å². The summed E-state index contributed by atoms with van der Waals surface area (Å²) in [6.45, 7) is 0. The quantitative estimate of drug-likeness (QED) is 0.571. The molecule has 2 aromatic carbocycles. The van der Waals surface area contributed by atoms with E-state index in [9.17, 15) is 13.2 Å². The Morgan fingerprint density at radius 1 is 0.950 bits per heavy atom. The molecule has 0 aliphatic carbocycles. The lowest BCUT2D eigenvalue weighted by molar-refractivity contribution is -0.137. The number of nitriles is 1. The van der Waals surface area contributed by atoms with E-state index in [4.69, 9.17) is 5.26 Å². The van der Waals surface area contributed by atoms with Gasteiger partial charge in [0.25, 0.3) is 0 Å². The molecule has 0 N–H and O–H groups in total. The summed E-state index contributed by atoms with van der Waals surface area (Å²) in [5, 5.41) is 9.13. The van der Waals surface area contributed by atoms with Gasteiger partial charge in [-0.25, -0.2) is 0 Å². The molecule has 4 heteroatoms. The number of alkyl halides is 3. The molecule has 0 atom stereocenters. The summed E-state index contributed by atoms with van der Waals surface area (Å²) >= 11 is 0. The Morgan fingerprint density at radius 2 is 1.55 bits per heavy atom.